The molecule has 0 unspecified atom stereocenters. The molecular formula is C33H49N3O5. The van der Waals surface area contributed by atoms with Crippen LogP contribution in [0.3, 0.4) is 0 Å². The maximum absolute atomic E-state index is 12.7. The Labute approximate surface area is 245 Å². The van der Waals surface area contributed by atoms with Gasteiger partial charge in [-0.3, -0.25) is 4.79 Å². The number of benzene rings is 1. The number of carboxylic acid groups (broad SMARTS) is 1. The van der Waals surface area contributed by atoms with Gasteiger partial charge >= 0.3 is 5.97 Å². The summed E-state index contributed by atoms with van der Waals surface area (Å²) in [6.45, 7) is 16.6. The van der Waals surface area contributed by atoms with Crippen LogP contribution in [0.4, 0.5) is 0 Å². The molecule has 1 atom stereocenters. The van der Waals surface area contributed by atoms with Crippen LogP contribution in [0, 0.1) is 12.8 Å². The summed E-state index contributed by atoms with van der Waals surface area (Å²) in [6, 6.07) is 4.83. The molecule has 3 N–H and O–H groups in total. The van der Waals surface area contributed by atoms with Gasteiger partial charge in [-0.2, -0.15) is 0 Å². The zero-order valence-electron chi connectivity index (χ0n) is 25.7. The quantitative estimate of drug-likeness (QED) is 0.210. The standard InChI is InChI=1S/C29H38N2O5.C4H11N/c1-5-6-7-12-28(32)31-19-23-17-24(14-13-22(23)18-26(31)29(33)34)35-16-15-25-21(4)36-27(30-25)11-9-8-10-20(2)3;1-4(2,3)5/h5,9,11,13-14,17,20,26H,1,6-8,10,12,15-16,18-19H2,2-4H3,(H,33,34);5H2,1-3H3/b11-9+;/t26-;/m0./s1. The Morgan fingerprint density at radius 1 is 1.27 bits per heavy atom. The lowest BCUT2D eigenvalue weighted by Gasteiger charge is -2.34. The third-order valence-corrected chi connectivity index (χ3v) is 6.40. The number of nitrogens with two attached hydrogens (primary N) is 1. The van der Waals surface area contributed by atoms with E-state index in [1.54, 1.807) is 6.08 Å². The minimum absolute atomic E-state index is 0. The molecule has 1 aliphatic heterocycles. The lowest BCUT2D eigenvalue weighted by molar-refractivity contribution is -0.151. The Bertz CT molecular complexity index is 1170. The zero-order valence-corrected chi connectivity index (χ0v) is 25.7. The number of amides is 1. The lowest BCUT2D eigenvalue weighted by atomic mass is 9.93. The number of aryl methyl sites for hydroxylation is 1. The van der Waals surface area contributed by atoms with E-state index >= 15 is 0 Å². The van der Waals surface area contributed by atoms with Crippen molar-refractivity contribution in [1.82, 2.24) is 9.88 Å². The van der Waals surface area contributed by atoms with Gasteiger partial charge in [-0.1, -0.05) is 32.1 Å². The van der Waals surface area contributed by atoms with Crippen molar-refractivity contribution in [1.29, 1.82) is 0 Å². The van der Waals surface area contributed by atoms with Gasteiger partial charge in [0.25, 0.3) is 0 Å². The SMILES string of the molecule is C=CCCCC(=O)N1Cc2cc(OCCc3nc(/C=C/CCC(C)C)oc3C)ccc2C[C@H]1C(=O)O.CC(C)(C)N. The minimum Gasteiger partial charge on any atom is -0.493 e. The summed E-state index contributed by atoms with van der Waals surface area (Å²) in [5, 5.41) is 9.69. The first kappa shape index (κ1) is 33.8. The van der Waals surface area contributed by atoms with Gasteiger partial charge in [0.05, 0.1) is 12.3 Å². The summed E-state index contributed by atoms with van der Waals surface area (Å²) < 4.78 is 11.7. The Hall–Kier alpha value is -3.39. The highest BCUT2D eigenvalue weighted by Crippen LogP contribution is 2.28. The number of unbranched alkanes of at least 4 members (excludes halogenated alkanes) is 1. The van der Waals surface area contributed by atoms with Crippen molar-refractivity contribution in [3.05, 3.63) is 65.4 Å². The first-order valence-electron chi connectivity index (χ1n) is 14.6. The summed E-state index contributed by atoms with van der Waals surface area (Å²) in [6.07, 6.45) is 10.5. The highest BCUT2D eigenvalue weighted by Gasteiger charge is 2.34. The van der Waals surface area contributed by atoms with Crippen molar-refractivity contribution >= 4 is 18.0 Å². The smallest absolute Gasteiger partial charge is 0.326 e. The normalized spacial score (nSPS) is 14.9. The number of fused-ring (bicyclic) bond motifs is 1. The van der Waals surface area contributed by atoms with E-state index in [2.05, 4.69) is 31.5 Å². The van der Waals surface area contributed by atoms with E-state index in [9.17, 15) is 14.7 Å². The second kappa shape index (κ2) is 16.2. The molecule has 8 heteroatoms. The van der Waals surface area contributed by atoms with Crippen molar-refractivity contribution < 1.29 is 23.8 Å². The van der Waals surface area contributed by atoms with Crippen LogP contribution in [0.25, 0.3) is 6.08 Å². The zero-order chi connectivity index (χ0) is 30.6. The molecule has 1 aliphatic rings. The molecule has 0 radical (unpaired) electrons. The van der Waals surface area contributed by atoms with Gasteiger partial charge < -0.3 is 24.9 Å². The Morgan fingerprint density at radius 3 is 2.61 bits per heavy atom. The van der Waals surface area contributed by atoms with Crippen LogP contribution < -0.4 is 10.5 Å². The third-order valence-electron chi connectivity index (χ3n) is 6.40. The van der Waals surface area contributed by atoms with E-state index in [1.165, 1.54) is 4.90 Å². The summed E-state index contributed by atoms with van der Waals surface area (Å²) in [7, 11) is 0. The molecule has 0 spiro atoms. The average molecular weight is 568 g/mol. The number of aromatic nitrogens is 1. The molecule has 2 aromatic rings. The fraction of sp³-hybridized carbons (Fsp3) is 0.545. The number of carboxylic acids is 1. The van der Waals surface area contributed by atoms with Crippen LogP contribution in [0.1, 0.15) is 95.2 Å². The molecule has 0 saturated carbocycles. The minimum atomic E-state index is -0.977. The first-order chi connectivity index (χ1) is 19.3. The molecule has 8 nitrogen and oxygen atoms in total. The number of carbonyl (C=O) groups excluding carboxylic acids is 1. The molecular weight excluding hydrogens is 518 g/mol. The molecule has 0 bridgehead atoms. The van der Waals surface area contributed by atoms with Gasteiger partial charge in [0, 0.05) is 31.3 Å². The van der Waals surface area contributed by atoms with E-state index in [1.807, 2.05) is 52.0 Å². The molecule has 1 amide bonds. The van der Waals surface area contributed by atoms with Gasteiger partial charge in [-0.15, -0.1) is 6.58 Å². The van der Waals surface area contributed by atoms with Crippen molar-refractivity contribution in [2.45, 2.75) is 105 Å². The van der Waals surface area contributed by atoms with Gasteiger partial charge in [0.15, 0.2) is 0 Å². The highest BCUT2D eigenvalue weighted by molar-refractivity contribution is 5.84. The Morgan fingerprint density at radius 2 is 1.98 bits per heavy atom. The fourth-order valence-corrected chi connectivity index (χ4v) is 4.31. The van der Waals surface area contributed by atoms with Crippen molar-refractivity contribution in [2.75, 3.05) is 6.61 Å². The monoisotopic (exact) mass is 567 g/mol. The van der Waals surface area contributed by atoms with Gasteiger partial charge in [0.1, 0.15) is 17.6 Å². The van der Waals surface area contributed by atoms with E-state index < -0.39 is 12.0 Å². The van der Waals surface area contributed by atoms with E-state index in [0.29, 0.717) is 49.8 Å². The number of rotatable bonds is 13. The Balaban J connectivity index is 0.00000108. The van der Waals surface area contributed by atoms with Crippen LogP contribution in [-0.2, 0) is 29.0 Å². The predicted molar refractivity (Wildman–Crippen MR) is 164 cm³/mol. The number of oxazole rings is 1. The molecule has 3 rings (SSSR count). The molecule has 226 valence electrons. The van der Waals surface area contributed by atoms with Crippen molar-refractivity contribution in [3.8, 4) is 5.75 Å². The number of aliphatic carboxylic acids is 1. The molecule has 41 heavy (non-hydrogen) atoms. The van der Waals surface area contributed by atoms with E-state index in [0.717, 1.165) is 41.8 Å². The Kier molecular flexibility index (Phi) is 13.3. The first-order valence-corrected chi connectivity index (χ1v) is 14.6. The largest absolute Gasteiger partial charge is 0.493 e. The molecule has 0 fully saturated rings. The fourth-order valence-electron chi connectivity index (χ4n) is 4.31. The van der Waals surface area contributed by atoms with Crippen LogP contribution in [-0.4, -0.2) is 45.1 Å². The summed E-state index contributed by atoms with van der Waals surface area (Å²) in [4.78, 5) is 30.6. The number of allylic oxidation sites excluding steroid dienone is 2. The summed E-state index contributed by atoms with van der Waals surface area (Å²) >= 11 is 0. The molecule has 0 saturated heterocycles. The molecule has 1 aromatic heterocycles. The van der Waals surface area contributed by atoms with E-state index in [-0.39, 0.29) is 18.0 Å². The highest BCUT2D eigenvalue weighted by atomic mass is 16.5. The number of hydrogen-bond donors (Lipinski definition) is 2. The number of hydrogen-bond acceptors (Lipinski definition) is 6. The summed E-state index contributed by atoms with van der Waals surface area (Å²) in [5.41, 5.74) is 8.09. The van der Waals surface area contributed by atoms with Gasteiger partial charge in [-0.05, 0) is 88.6 Å². The number of carbonyl (C=O) groups is 2. The topological polar surface area (TPSA) is 119 Å². The number of nitrogens with zero attached hydrogens (tertiary/aromatic N) is 2. The maximum Gasteiger partial charge on any atom is 0.326 e. The molecule has 0 aliphatic carbocycles. The number of ether oxygens (including phenoxy) is 1. The van der Waals surface area contributed by atoms with E-state index in [4.69, 9.17) is 14.9 Å². The maximum atomic E-state index is 12.7. The van der Waals surface area contributed by atoms with Gasteiger partial charge in [-0.25, -0.2) is 9.78 Å². The van der Waals surface area contributed by atoms with Crippen LogP contribution in [0.5, 0.6) is 5.75 Å². The molecule has 2 heterocycles. The average Bonchev–Trinajstić information content (AvgIpc) is 3.23. The lowest BCUT2D eigenvalue weighted by Crippen LogP contribution is -2.48. The van der Waals surface area contributed by atoms with Crippen LogP contribution in [0.2, 0.25) is 0 Å². The van der Waals surface area contributed by atoms with Crippen molar-refractivity contribution in [3.63, 3.8) is 0 Å². The van der Waals surface area contributed by atoms with Crippen LogP contribution in [0.15, 0.2) is 41.3 Å². The van der Waals surface area contributed by atoms with Crippen molar-refractivity contribution in [2.24, 2.45) is 11.7 Å². The molecule has 1 aromatic carbocycles. The third kappa shape index (κ3) is 12.3. The van der Waals surface area contributed by atoms with Crippen LogP contribution >= 0.6 is 0 Å². The second-order valence-corrected chi connectivity index (χ2v) is 12.1. The summed E-state index contributed by atoms with van der Waals surface area (Å²) in [5.74, 6) is 1.65. The second-order valence-electron chi connectivity index (χ2n) is 12.1. The predicted octanol–water partition coefficient (Wildman–Crippen LogP) is 6.49. The van der Waals surface area contributed by atoms with Gasteiger partial charge in [0.2, 0.25) is 11.8 Å².